The summed E-state index contributed by atoms with van der Waals surface area (Å²) in [7, 11) is 0. The van der Waals surface area contributed by atoms with Crippen molar-refractivity contribution in [3.8, 4) is 0 Å². The van der Waals surface area contributed by atoms with Crippen molar-refractivity contribution in [3.05, 3.63) is 51.1 Å². The minimum atomic E-state index is -0.605. The lowest BCUT2D eigenvalue weighted by Crippen LogP contribution is -2.23. The van der Waals surface area contributed by atoms with Crippen molar-refractivity contribution in [1.29, 1.82) is 0 Å². The Morgan fingerprint density at radius 1 is 1.29 bits per heavy atom. The molecular weight excluding hydrogens is 276 g/mol. The second kappa shape index (κ2) is 6.55. The average Bonchev–Trinajstić information content (AvgIpc) is 2.48. The number of hydrogen-bond donors (Lipinski definition) is 1. The summed E-state index contributed by atoms with van der Waals surface area (Å²) >= 11 is 0. The van der Waals surface area contributed by atoms with Crippen LogP contribution in [0.15, 0.2) is 29.6 Å². The van der Waals surface area contributed by atoms with Crippen LogP contribution in [-0.2, 0) is 6.54 Å². The van der Waals surface area contributed by atoms with Crippen LogP contribution < -0.4 is 11.0 Å². The molecule has 0 unspecified atom stereocenters. The van der Waals surface area contributed by atoms with Gasteiger partial charge in [0.2, 0.25) is 0 Å². The number of nitrogens with zero attached hydrogens (tertiary/aromatic N) is 5. The minimum absolute atomic E-state index is 0.0779. The first-order valence-electron chi connectivity index (χ1n) is 6.36. The zero-order valence-corrected chi connectivity index (χ0v) is 11.4. The standard InChI is InChI=1S/C12H14N6O3/c1-2-3-13-11-6-14-9(4-15-11)7-17-8-10(18(20)21)5-16-12(17)19/h4-6,8H,2-3,7H2,1H3,(H,13,15). The van der Waals surface area contributed by atoms with Crippen molar-refractivity contribution in [3.63, 3.8) is 0 Å². The predicted molar refractivity (Wildman–Crippen MR) is 75.1 cm³/mol. The maximum atomic E-state index is 11.6. The van der Waals surface area contributed by atoms with Crippen molar-refractivity contribution < 1.29 is 4.92 Å². The third-order valence-electron chi connectivity index (χ3n) is 2.65. The molecule has 0 aliphatic carbocycles. The van der Waals surface area contributed by atoms with E-state index in [1.165, 1.54) is 6.20 Å². The van der Waals surface area contributed by atoms with Gasteiger partial charge in [-0.3, -0.25) is 19.7 Å². The summed E-state index contributed by atoms with van der Waals surface area (Å²) in [6.45, 7) is 2.91. The van der Waals surface area contributed by atoms with E-state index in [0.717, 1.165) is 29.9 Å². The van der Waals surface area contributed by atoms with Crippen LogP contribution in [0.5, 0.6) is 0 Å². The molecule has 2 aromatic rings. The van der Waals surface area contributed by atoms with Crippen molar-refractivity contribution in [1.82, 2.24) is 19.5 Å². The molecule has 21 heavy (non-hydrogen) atoms. The first kappa shape index (κ1) is 14.6. The lowest BCUT2D eigenvalue weighted by molar-refractivity contribution is -0.385. The van der Waals surface area contributed by atoms with E-state index in [4.69, 9.17) is 0 Å². The van der Waals surface area contributed by atoms with Gasteiger partial charge in [-0.15, -0.1) is 0 Å². The van der Waals surface area contributed by atoms with Crippen molar-refractivity contribution in [2.24, 2.45) is 0 Å². The lowest BCUT2D eigenvalue weighted by atomic mass is 10.4. The van der Waals surface area contributed by atoms with Crippen LogP contribution in [0.25, 0.3) is 0 Å². The third kappa shape index (κ3) is 3.81. The summed E-state index contributed by atoms with van der Waals surface area (Å²) < 4.78 is 1.13. The average molecular weight is 290 g/mol. The number of anilines is 1. The van der Waals surface area contributed by atoms with E-state index in [1.54, 1.807) is 6.20 Å². The van der Waals surface area contributed by atoms with Crippen molar-refractivity contribution in [2.45, 2.75) is 19.9 Å². The van der Waals surface area contributed by atoms with Crippen molar-refractivity contribution >= 4 is 11.5 Å². The molecule has 0 spiro atoms. The highest BCUT2D eigenvalue weighted by Gasteiger charge is 2.09. The summed E-state index contributed by atoms with van der Waals surface area (Å²) in [4.78, 5) is 33.4. The molecule has 0 atom stereocenters. The second-order valence-electron chi connectivity index (χ2n) is 4.30. The number of nitro groups is 1. The topological polar surface area (TPSA) is 116 Å². The van der Waals surface area contributed by atoms with Crippen LogP contribution >= 0.6 is 0 Å². The van der Waals surface area contributed by atoms with E-state index in [-0.39, 0.29) is 12.2 Å². The zero-order valence-electron chi connectivity index (χ0n) is 11.4. The van der Waals surface area contributed by atoms with Crippen LogP contribution in [0.1, 0.15) is 19.0 Å². The first-order valence-corrected chi connectivity index (χ1v) is 6.36. The molecule has 2 heterocycles. The minimum Gasteiger partial charge on any atom is -0.369 e. The quantitative estimate of drug-likeness (QED) is 0.618. The summed E-state index contributed by atoms with van der Waals surface area (Å²) in [6.07, 6.45) is 6.12. The molecule has 0 bridgehead atoms. The fourth-order valence-electron chi connectivity index (χ4n) is 1.61. The number of rotatable bonds is 6. The van der Waals surface area contributed by atoms with Crippen LogP contribution in [0.4, 0.5) is 11.5 Å². The molecular formula is C12H14N6O3. The maximum Gasteiger partial charge on any atom is 0.348 e. The van der Waals surface area contributed by atoms with Crippen molar-refractivity contribution in [2.75, 3.05) is 11.9 Å². The Hall–Kier alpha value is -2.84. The smallest absolute Gasteiger partial charge is 0.348 e. The monoisotopic (exact) mass is 290 g/mol. The highest BCUT2D eigenvalue weighted by Crippen LogP contribution is 2.07. The molecule has 9 nitrogen and oxygen atoms in total. The molecule has 9 heteroatoms. The molecule has 0 aliphatic heterocycles. The molecule has 0 saturated carbocycles. The molecule has 0 aliphatic rings. The van der Waals surface area contributed by atoms with Gasteiger partial charge in [-0.1, -0.05) is 6.92 Å². The van der Waals surface area contributed by atoms with Gasteiger partial charge >= 0.3 is 11.4 Å². The van der Waals surface area contributed by atoms with Gasteiger partial charge in [0, 0.05) is 6.54 Å². The van der Waals surface area contributed by atoms with Crippen LogP contribution in [0, 0.1) is 10.1 Å². The number of hydrogen-bond acceptors (Lipinski definition) is 7. The molecule has 2 aromatic heterocycles. The molecule has 0 radical (unpaired) electrons. The molecule has 0 aromatic carbocycles. The normalized spacial score (nSPS) is 10.3. The molecule has 0 saturated heterocycles. The van der Waals surface area contributed by atoms with Gasteiger partial charge in [-0.25, -0.2) is 9.78 Å². The molecule has 0 amide bonds. The van der Waals surface area contributed by atoms with E-state index < -0.39 is 10.6 Å². The van der Waals surface area contributed by atoms with Gasteiger partial charge in [-0.05, 0) is 6.42 Å². The molecule has 1 N–H and O–H groups in total. The van der Waals surface area contributed by atoms with E-state index in [9.17, 15) is 14.9 Å². The Balaban J connectivity index is 2.16. The summed E-state index contributed by atoms with van der Waals surface area (Å²) in [6, 6.07) is 0. The summed E-state index contributed by atoms with van der Waals surface area (Å²) in [5, 5.41) is 13.8. The molecule has 110 valence electrons. The zero-order chi connectivity index (χ0) is 15.2. The maximum absolute atomic E-state index is 11.6. The summed E-state index contributed by atoms with van der Waals surface area (Å²) in [5.41, 5.74) is -0.305. The van der Waals surface area contributed by atoms with Gasteiger partial charge in [0.25, 0.3) is 0 Å². The number of nitrogens with one attached hydrogen (secondary N) is 1. The fourth-order valence-corrected chi connectivity index (χ4v) is 1.61. The van der Waals surface area contributed by atoms with E-state index in [1.807, 2.05) is 6.92 Å². The number of aromatic nitrogens is 4. The lowest BCUT2D eigenvalue weighted by Gasteiger charge is -2.06. The van der Waals surface area contributed by atoms with E-state index >= 15 is 0 Å². The van der Waals surface area contributed by atoms with E-state index in [2.05, 4.69) is 20.3 Å². The van der Waals surface area contributed by atoms with Crippen LogP contribution in [0.3, 0.4) is 0 Å². The molecule has 2 rings (SSSR count). The van der Waals surface area contributed by atoms with Gasteiger partial charge in [-0.2, -0.15) is 4.98 Å². The Morgan fingerprint density at radius 2 is 2.10 bits per heavy atom. The SMILES string of the molecule is CCCNc1cnc(Cn2cc([N+](=O)[O-])cnc2=O)cn1. The van der Waals surface area contributed by atoms with E-state index in [0.29, 0.717) is 11.5 Å². The van der Waals surface area contributed by atoms with Gasteiger partial charge in [0.1, 0.15) is 12.0 Å². The molecule has 0 fully saturated rings. The predicted octanol–water partition coefficient (Wildman–Crippen LogP) is 0.812. The third-order valence-corrected chi connectivity index (χ3v) is 2.65. The van der Waals surface area contributed by atoms with Gasteiger partial charge in [0.15, 0.2) is 0 Å². The van der Waals surface area contributed by atoms with Gasteiger partial charge in [0.05, 0.1) is 35.8 Å². The van der Waals surface area contributed by atoms with Crippen LogP contribution in [0.2, 0.25) is 0 Å². The summed E-state index contributed by atoms with van der Waals surface area (Å²) in [5.74, 6) is 0.644. The second-order valence-corrected chi connectivity index (χ2v) is 4.30. The van der Waals surface area contributed by atoms with Crippen LogP contribution in [-0.4, -0.2) is 31.0 Å². The largest absolute Gasteiger partial charge is 0.369 e. The first-order chi connectivity index (χ1) is 10.1. The van der Waals surface area contributed by atoms with Gasteiger partial charge < -0.3 is 5.32 Å². The Bertz CT molecular complexity index is 682. The Morgan fingerprint density at radius 3 is 2.71 bits per heavy atom. The fraction of sp³-hybridized carbons (Fsp3) is 0.333. The Kier molecular flexibility index (Phi) is 4.54. The Labute approximate surface area is 119 Å². The highest BCUT2D eigenvalue weighted by atomic mass is 16.6. The highest BCUT2D eigenvalue weighted by molar-refractivity contribution is 5.30.